The van der Waals surface area contributed by atoms with Crippen LogP contribution in [0, 0.1) is 17.2 Å². The van der Waals surface area contributed by atoms with Crippen molar-refractivity contribution in [2.24, 2.45) is 5.92 Å². The van der Waals surface area contributed by atoms with Gasteiger partial charge in [-0.05, 0) is 61.9 Å². The van der Waals surface area contributed by atoms with E-state index < -0.39 is 5.41 Å². The second-order valence-electron chi connectivity index (χ2n) is 8.36. The van der Waals surface area contributed by atoms with E-state index in [1.165, 1.54) is 24.8 Å². The molecule has 0 spiro atoms. The topological polar surface area (TPSA) is 27.0 Å². The van der Waals surface area contributed by atoms with Gasteiger partial charge in [-0.25, -0.2) is 0 Å². The molecule has 1 aliphatic carbocycles. The Kier molecular flexibility index (Phi) is 8.16. The fraction of sp³-hybridized carbons (Fsp3) is 0.500. The molecule has 1 unspecified atom stereocenters. The second kappa shape index (κ2) is 10.8. The fourth-order valence-corrected chi connectivity index (χ4v) is 5.26. The summed E-state index contributed by atoms with van der Waals surface area (Å²) in [7, 11) is 0. The lowest BCUT2D eigenvalue weighted by molar-refractivity contribution is 0.215. The third kappa shape index (κ3) is 5.41. The van der Waals surface area contributed by atoms with Crippen LogP contribution in [0.25, 0.3) is 0 Å². The van der Waals surface area contributed by atoms with Crippen molar-refractivity contribution in [3.63, 3.8) is 0 Å². The van der Waals surface area contributed by atoms with Crippen molar-refractivity contribution in [1.29, 1.82) is 5.26 Å². The minimum absolute atomic E-state index is 0.408. The monoisotopic (exact) mass is 408 g/mol. The molecule has 0 aliphatic heterocycles. The number of nitrogens with zero attached hydrogens (tertiary/aromatic N) is 2. The Hall–Kier alpha value is -1.82. The predicted molar refractivity (Wildman–Crippen MR) is 122 cm³/mol. The van der Waals surface area contributed by atoms with Crippen LogP contribution in [0.3, 0.4) is 0 Å². The van der Waals surface area contributed by atoms with E-state index in [2.05, 4.69) is 54.3 Å². The Morgan fingerprint density at radius 2 is 1.72 bits per heavy atom. The maximum Gasteiger partial charge on any atom is 0.0865 e. The summed E-state index contributed by atoms with van der Waals surface area (Å²) in [5.74, 6) is 0.408. The maximum absolute atomic E-state index is 10.4. The SMILES string of the molecule is CCN(CCCC(C#N)(c1ccccc1Cl)C1CCCCC1)Cc1ccccc1. The quantitative estimate of drug-likeness (QED) is 0.447. The van der Waals surface area contributed by atoms with E-state index in [-0.39, 0.29) is 0 Å². The highest BCUT2D eigenvalue weighted by Crippen LogP contribution is 2.46. The van der Waals surface area contributed by atoms with E-state index in [1.807, 2.05) is 18.2 Å². The summed E-state index contributed by atoms with van der Waals surface area (Å²) in [6, 6.07) is 21.5. The highest BCUT2D eigenvalue weighted by Gasteiger charge is 2.42. The van der Waals surface area contributed by atoms with Crippen molar-refractivity contribution in [1.82, 2.24) is 4.90 Å². The molecule has 29 heavy (non-hydrogen) atoms. The highest BCUT2D eigenvalue weighted by molar-refractivity contribution is 6.31. The molecular weight excluding hydrogens is 376 g/mol. The first-order valence-corrected chi connectivity index (χ1v) is 11.5. The molecule has 0 heterocycles. The lowest BCUT2D eigenvalue weighted by Gasteiger charge is -2.39. The Morgan fingerprint density at radius 3 is 2.38 bits per heavy atom. The molecule has 0 amide bonds. The molecule has 3 rings (SSSR count). The fourth-order valence-electron chi connectivity index (χ4n) is 4.96. The van der Waals surface area contributed by atoms with Gasteiger partial charge in [-0.2, -0.15) is 5.26 Å². The first kappa shape index (κ1) is 21.9. The summed E-state index contributed by atoms with van der Waals surface area (Å²) in [4.78, 5) is 2.48. The summed E-state index contributed by atoms with van der Waals surface area (Å²) in [5, 5.41) is 11.2. The zero-order valence-corrected chi connectivity index (χ0v) is 18.4. The molecule has 0 saturated heterocycles. The van der Waals surface area contributed by atoms with Gasteiger partial charge in [-0.1, -0.05) is 86.3 Å². The number of rotatable bonds is 9. The van der Waals surface area contributed by atoms with E-state index in [1.54, 1.807) is 0 Å². The minimum atomic E-state index is -0.467. The lowest BCUT2D eigenvalue weighted by atomic mass is 9.63. The van der Waals surface area contributed by atoms with E-state index in [4.69, 9.17) is 11.6 Å². The summed E-state index contributed by atoms with van der Waals surface area (Å²) in [6.07, 6.45) is 7.92. The van der Waals surface area contributed by atoms with Crippen LogP contribution in [0.5, 0.6) is 0 Å². The van der Waals surface area contributed by atoms with Crippen LogP contribution in [0.15, 0.2) is 54.6 Å². The van der Waals surface area contributed by atoms with Gasteiger partial charge >= 0.3 is 0 Å². The van der Waals surface area contributed by atoms with Gasteiger partial charge in [0.2, 0.25) is 0 Å². The third-order valence-corrected chi connectivity index (χ3v) is 6.93. The Labute approximate surface area is 181 Å². The van der Waals surface area contributed by atoms with Crippen molar-refractivity contribution in [3.05, 3.63) is 70.7 Å². The van der Waals surface area contributed by atoms with E-state index >= 15 is 0 Å². The minimum Gasteiger partial charge on any atom is -0.299 e. The summed E-state index contributed by atoms with van der Waals surface area (Å²) >= 11 is 6.62. The van der Waals surface area contributed by atoms with Crippen molar-refractivity contribution in [2.45, 2.75) is 63.8 Å². The molecule has 0 N–H and O–H groups in total. The van der Waals surface area contributed by atoms with E-state index in [0.717, 1.165) is 55.9 Å². The zero-order valence-electron chi connectivity index (χ0n) is 17.6. The van der Waals surface area contributed by atoms with Crippen LogP contribution in [0.1, 0.15) is 63.0 Å². The van der Waals surface area contributed by atoms with Gasteiger partial charge in [0.25, 0.3) is 0 Å². The van der Waals surface area contributed by atoms with Crippen molar-refractivity contribution < 1.29 is 0 Å². The molecule has 1 saturated carbocycles. The molecule has 0 radical (unpaired) electrons. The lowest BCUT2D eigenvalue weighted by Crippen LogP contribution is -2.37. The van der Waals surface area contributed by atoms with Gasteiger partial charge < -0.3 is 0 Å². The number of hydrogen-bond donors (Lipinski definition) is 0. The normalized spacial score (nSPS) is 17.0. The Bertz CT molecular complexity index is 792. The number of hydrogen-bond acceptors (Lipinski definition) is 2. The molecule has 2 nitrogen and oxygen atoms in total. The number of benzene rings is 2. The van der Waals surface area contributed by atoms with Crippen LogP contribution in [-0.2, 0) is 12.0 Å². The van der Waals surface area contributed by atoms with Crippen LogP contribution in [0.2, 0.25) is 5.02 Å². The Balaban J connectivity index is 1.74. The highest BCUT2D eigenvalue weighted by atomic mass is 35.5. The van der Waals surface area contributed by atoms with Crippen LogP contribution >= 0.6 is 11.6 Å². The van der Waals surface area contributed by atoms with Gasteiger partial charge in [-0.3, -0.25) is 4.90 Å². The van der Waals surface area contributed by atoms with Crippen molar-refractivity contribution in [2.75, 3.05) is 13.1 Å². The zero-order chi connectivity index (χ0) is 20.5. The van der Waals surface area contributed by atoms with E-state index in [9.17, 15) is 5.26 Å². The first-order chi connectivity index (χ1) is 14.2. The predicted octanol–water partition coefficient (Wildman–Crippen LogP) is 6.98. The van der Waals surface area contributed by atoms with Gasteiger partial charge in [0, 0.05) is 11.6 Å². The summed E-state index contributed by atoms with van der Waals surface area (Å²) in [5.41, 5.74) is 1.92. The molecule has 0 aromatic heterocycles. The van der Waals surface area contributed by atoms with Gasteiger partial charge in [0.05, 0.1) is 11.5 Å². The molecular formula is C26H33ClN2. The first-order valence-electron chi connectivity index (χ1n) is 11.1. The largest absolute Gasteiger partial charge is 0.299 e. The molecule has 0 bridgehead atoms. The maximum atomic E-state index is 10.4. The molecule has 3 heteroatoms. The summed E-state index contributed by atoms with van der Waals surface area (Å²) < 4.78 is 0. The standard InChI is InChI=1S/C26H33ClN2/c1-2-29(20-22-12-5-3-6-13-22)19-11-18-26(21-28,23-14-7-4-8-15-23)24-16-9-10-17-25(24)27/h3,5-6,9-10,12-13,16-17,23H,2,4,7-8,11,14-15,18-20H2,1H3. The Morgan fingerprint density at radius 1 is 1.03 bits per heavy atom. The second-order valence-corrected chi connectivity index (χ2v) is 8.76. The van der Waals surface area contributed by atoms with E-state index in [0.29, 0.717) is 5.92 Å². The molecule has 154 valence electrons. The molecule has 1 aliphatic rings. The van der Waals surface area contributed by atoms with Gasteiger partial charge in [-0.15, -0.1) is 0 Å². The average molecular weight is 409 g/mol. The average Bonchev–Trinajstić information content (AvgIpc) is 2.78. The third-order valence-electron chi connectivity index (χ3n) is 6.60. The van der Waals surface area contributed by atoms with Crippen molar-refractivity contribution >= 4 is 11.6 Å². The molecule has 1 fully saturated rings. The molecule has 2 aromatic carbocycles. The number of nitriles is 1. The van der Waals surface area contributed by atoms with Gasteiger partial charge in [0.1, 0.15) is 0 Å². The van der Waals surface area contributed by atoms with Crippen LogP contribution in [-0.4, -0.2) is 18.0 Å². The molecule has 2 aromatic rings. The van der Waals surface area contributed by atoms with Gasteiger partial charge in [0.15, 0.2) is 0 Å². The smallest absolute Gasteiger partial charge is 0.0865 e. The molecule has 1 atom stereocenters. The van der Waals surface area contributed by atoms with Crippen LogP contribution < -0.4 is 0 Å². The van der Waals surface area contributed by atoms with Crippen molar-refractivity contribution in [3.8, 4) is 6.07 Å². The van der Waals surface area contributed by atoms with Crippen LogP contribution in [0.4, 0.5) is 0 Å². The summed E-state index contributed by atoms with van der Waals surface area (Å²) in [6.45, 7) is 5.21. The number of halogens is 1.